The van der Waals surface area contributed by atoms with E-state index in [1.165, 1.54) is 5.56 Å². The summed E-state index contributed by atoms with van der Waals surface area (Å²) in [6.45, 7) is 2.12. The number of amides is 1. The van der Waals surface area contributed by atoms with Crippen molar-refractivity contribution in [3.05, 3.63) is 58.2 Å². The molecule has 0 saturated heterocycles. The van der Waals surface area contributed by atoms with Crippen LogP contribution in [-0.2, 0) is 17.6 Å². The Morgan fingerprint density at radius 2 is 1.80 bits per heavy atom. The fourth-order valence-electron chi connectivity index (χ4n) is 1.88. The minimum Gasteiger partial charge on any atom is -0.300 e. The number of aryl methyl sites for hydroxylation is 1. The fourth-order valence-corrected chi connectivity index (χ4v) is 2.11. The molecule has 0 unspecified atom stereocenters. The predicted octanol–water partition coefficient (Wildman–Crippen LogP) is 3.61. The van der Waals surface area contributed by atoms with Gasteiger partial charge in [0, 0.05) is 17.7 Å². The van der Waals surface area contributed by atoms with Gasteiger partial charge in [-0.05, 0) is 45.6 Å². The number of rotatable bonds is 4. The van der Waals surface area contributed by atoms with E-state index in [2.05, 4.69) is 40.0 Å². The van der Waals surface area contributed by atoms with Gasteiger partial charge in [-0.3, -0.25) is 9.69 Å². The van der Waals surface area contributed by atoms with Gasteiger partial charge in [0.25, 0.3) is 0 Å². The molecule has 2 rings (SSSR count). The maximum atomic E-state index is 12.2. The normalized spacial score (nSPS) is 10.3. The van der Waals surface area contributed by atoms with Crippen molar-refractivity contribution in [2.45, 2.75) is 19.8 Å². The maximum absolute atomic E-state index is 12.2. The summed E-state index contributed by atoms with van der Waals surface area (Å²) < 4.78 is 0.900. The number of nitrogens with zero attached hydrogens (tertiary/aromatic N) is 2. The Hall–Kier alpha value is -1.68. The lowest BCUT2D eigenvalue weighted by molar-refractivity contribution is -0.117. The van der Waals surface area contributed by atoms with E-state index >= 15 is 0 Å². The lowest BCUT2D eigenvalue weighted by atomic mass is 10.1. The van der Waals surface area contributed by atoms with Crippen LogP contribution in [0.2, 0.25) is 0 Å². The molecule has 0 N–H and O–H groups in total. The Balaban J connectivity index is 2.05. The van der Waals surface area contributed by atoms with Gasteiger partial charge in [-0.2, -0.15) is 0 Å². The van der Waals surface area contributed by atoms with Crippen LogP contribution in [0.4, 0.5) is 5.82 Å². The summed E-state index contributed by atoms with van der Waals surface area (Å²) in [4.78, 5) is 18.0. The number of aromatic nitrogens is 1. The number of hydrogen-bond donors (Lipinski definition) is 0. The molecule has 1 heterocycles. The van der Waals surface area contributed by atoms with Gasteiger partial charge in [-0.15, -0.1) is 0 Å². The van der Waals surface area contributed by atoms with Crippen LogP contribution in [-0.4, -0.2) is 17.9 Å². The zero-order valence-electron chi connectivity index (χ0n) is 11.6. The lowest BCUT2D eigenvalue weighted by Gasteiger charge is -2.16. The molecule has 4 heteroatoms. The molecule has 104 valence electrons. The van der Waals surface area contributed by atoms with Gasteiger partial charge >= 0.3 is 0 Å². The summed E-state index contributed by atoms with van der Waals surface area (Å²) in [5.41, 5.74) is 2.31. The predicted molar refractivity (Wildman–Crippen MR) is 84.9 cm³/mol. The van der Waals surface area contributed by atoms with Gasteiger partial charge in [0.2, 0.25) is 5.91 Å². The molecule has 0 bridgehead atoms. The Labute approximate surface area is 127 Å². The van der Waals surface area contributed by atoms with Gasteiger partial charge in [0.1, 0.15) is 5.82 Å². The van der Waals surface area contributed by atoms with E-state index in [4.69, 9.17) is 0 Å². The minimum atomic E-state index is 0.0315. The first kappa shape index (κ1) is 14.7. The number of likely N-dealkylation sites (N-methyl/N-ethyl adjacent to an activating group) is 1. The SMILES string of the molecule is CCc1ccc(CC(=O)N(C)c2ccc(Br)cn2)cc1. The van der Waals surface area contributed by atoms with E-state index in [1.807, 2.05) is 24.3 Å². The molecule has 20 heavy (non-hydrogen) atoms. The van der Waals surface area contributed by atoms with E-state index < -0.39 is 0 Å². The van der Waals surface area contributed by atoms with Gasteiger partial charge in [0.15, 0.2) is 0 Å². The first-order chi connectivity index (χ1) is 9.60. The average Bonchev–Trinajstić information content (AvgIpc) is 2.48. The van der Waals surface area contributed by atoms with Crippen LogP contribution in [0.25, 0.3) is 0 Å². The van der Waals surface area contributed by atoms with Crippen LogP contribution in [0.1, 0.15) is 18.1 Å². The van der Waals surface area contributed by atoms with Crippen molar-refractivity contribution >= 4 is 27.7 Å². The molecular weight excluding hydrogens is 316 g/mol. The fraction of sp³-hybridized carbons (Fsp3) is 0.250. The van der Waals surface area contributed by atoms with Crippen LogP contribution < -0.4 is 4.90 Å². The van der Waals surface area contributed by atoms with Crippen molar-refractivity contribution in [1.29, 1.82) is 0 Å². The summed E-state index contributed by atoms with van der Waals surface area (Å²) in [6.07, 6.45) is 3.09. The monoisotopic (exact) mass is 332 g/mol. The highest BCUT2D eigenvalue weighted by Gasteiger charge is 2.12. The molecule has 0 aliphatic heterocycles. The molecule has 0 aliphatic carbocycles. The Morgan fingerprint density at radius 1 is 1.15 bits per heavy atom. The van der Waals surface area contributed by atoms with Crippen molar-refractivity contribution < 1.29 is 4.79 Å². The number of benzene rings is 1. The van der Waals surface area contributed by atoms with E-state index in [0.29, 0.717) is 12.2 Å². The summed E-state index contributed by atoms with van der Waals surface area (Å²) in [5, 5.41) is 0. The van der Waals surface area contributed by atoms with Gasteiger partial charge in [-0.25, -0.2) is 4.98 Å². The second kappa shape index (κ2) is 6.66. The van der Waals surface area contributed by atoms with E-state index in [0.717, 1.165) is 16.5 Å². The van der Waals surface area contributed by atoms with Crippen LogP contribution in [0.3, 0.4) is 0 Å². The highest BCUT2D eigenvalue weighted by atomic mass is 79.9. The molecule has 1 amide bonds. The van der Waals surface area contributed by atoms with Gasteiger partial charge in [0.05, 0.1) is 6.42 Å². The Bertz CT molecular complexity index is 578. The van der Waals surface area contributed by atoms with Crippen LogP contribution in [0.15, 0.2) is 47.1 Å². The molecule has 0 fully saturated rings. The molecule has 1 aromatic heterocycles. The summed E-state index contributed by atoms with van der Waals surface area (Å²) in [6, 6.07) is 11.9. The van der Waals surface area contributed by atoms with Crippen molar-refractivity contribution in [3.63, 3.8) is 0 Å². The number of carbonyl (C=O) groups is 1. The van der Waals surface area contributed by atoms with E-state index in [-0.39, 0.29) is 5.91 Å². The lowest BCUT2D eigenvalue weighted by Crippen LogP contribution is -2.28. The second-order valence-electron chi connectivity index (χ2n) is 4.63. The minimum absolute atomic E-state index is 0.0315. The van der Waals surface area contributed by atoms with Gasteiger partial charge < -0.3 is 0 Å². The number of carbonyl (C=O) groups excluding carboxylic acids is 1. The molecule has 0 saturated carbocycles. The molecule has 1 aromatic carbocycles. The molecule has 0 aliphatic rings. The molecule has 3 nitrogen and oxygen atoms in total. The third kappa shape index (κ3) is 3.67. The molecule has 0 spiro atoms. The molecule has 2 aromatic rings. The van der Waals surface area contributed by atoms with Gasteiger partial charge in [-0.1, -0.05) is 31.2 Å². The van der Waals surface area contributed by atoms with Crippen molar-refractivity contribution in [2.75, 3.05) is 11.9 Å². The first-order valence-electron chi connectivity index (χ1n) is 6.56. The zero-order valence-corrected chi connectivity index (χ0v) is 13.2. The largest absolute Gasteiger partial charge is 0.300 e. The van der Waals surface area contributed by atoms with E-state index in [9.17, 15) is 4.79 Å². The van der Waals surface area contributed by atoms with E-state index in [1.54, 1.807) is 18.1 Å². The summed E-state index contributed by atoms with van der Waals surface area (Å²) >= 11 is 3.33. The number of pyridine rings is 1. The quantitative estimate of drug-likeness (QED) is 0.856. The Kier molecular flexibility index (Phi) is 4.90. The first-order valence-corrected chi connectivity index (χ1v) is 7.35. The van der Waals surface area contributed by atoms with Crippen molar-refractivity contribution in [3.8, 4) is 0 Å². The molecule has 0 atom stereocenters. The highest BCUT2D eigenvalue weighted by Crippen LogP contribution is 2.15. The van der Waals surface area contributed by atoms with Crippen LogP contribution in [0.5, 0.6) is 0 Å². The van der Waals surface area contributed by atoms with Crippen LogP contribution in [0, 0.1) is 0 Å². The maximum Gasteiger partial charge on any atom is 0.232 e. The molecular formula is C16H17BrN2O. The zero-order chi connectivity index (χ0) is 14.5. The number of halogens is 1. The number of anilines is 1. The topological polar surface area (TPSA) is 33.2 Å². The smallest absolute Gasteiger partial charge is 0.232 e. The third-order valence-corrected chi connectivity index (χ3v) is 3.69. The van der Waals surface area contributed by atoms with Crippen molar-refractivity contribution in [2.24, 2.45) is 0 Å². The third-order valence-electron chi connectivity index (χ3n) is 3.22. The standard InChI is InChI=1S/C16H17BrN2O/c1-3-12-4-6-13(7-5-12)10-16(20)19(2)15-9-8-14(17)11-18-15/h4-9,11H,3,10H2,1-2H3. The highest BCUT2D eigenvalue weighted by molar-refractivity contribution is 9.10. The number of hydrogen-bond acceptors (Lipinski definition) is 2. The Morgan fingerprint density at radius 3 is 2.35 bits per heavy atom. The second-order valence-corrected chi connectivity index (χ2v) is 5.55. The van der Waals surface area contributed by atoms with Crippen LogP contribution >= 0.6 is 15.9 Å². The summed E-state index contributed by atoms with van der Waals surface area (Å²) in [7, 11) is 1.75. The average molecular weight is 333 g/mol. The van der Waals surface area contributed by atoms with Crippen molar-refractivity contribution in [1.82, 2.24) is 4.98 Å². The summed E-state index contributed by atoms with van der Waals surface area (Å²) in [5.74, 6) is 0.687. The molecule has 0 radical (unpaired) electrons.